The number of carbonyl (C=O) groups is 1. The van der Waals surface area contributed by atoms with Crippen LogP contribution in [-0.4, -0.2) is 44.5 Å². The first-order valence-electron chi connectivity index (χ1n) is 4.43. The minimum Gasteiger partial charge on any atom is -0.465 e. The minimum absolute atomic E-state index is 0.0803. The zero-order valence-electron chi connectivity index (χ0n) is 7.77. The number of β-amino-alcohol motifs (C(OH)–C–C–N with tert-alkyl or cyclic N) is 1. The third-order valence-electron chi connectivity index (χ3n) is 2.57. The van der Waals surface area contributed by atoms with E-state index < -0.39 is 11.7 Å². The number of H-pyrrole nitrogens is 1. The number of likely N-dealkylation sites (tertiary alicyclic amines) is 1. The maximum Gasteiger partial charge on any atom is 0.407 e. The Morgan fingerprint density at radius 1 is 1.73 bits per heavy atom. The summed E-state index contributed by atoms with van der Waals surface area (Å²) in [4.78, 5) is 11.9. The van der Waals surface area contributed by atoms with E-state index in [0.717, 1.165) is 0 Å². The molecule has 0 aromatic carbocycles. The van der Waals surface area contributed by atoms with E-state index in [0.29, 0.717) is 23.3 Å². The fraction of sp³-hybridized carbons (Fsp3) is 0.500. The van der Waals surface area contributed by atoms with Crippen molar-refractivity contribution in [1.29, 1.82) is 0 Å². The molecule has 1 saturated heterocycles. The molecule has 1 unspecified atom stereocenters. The van der Waals surface area contributed by atoms with Gasteiger partial charge in [-0.2, -0.15) is 5.10 Å². The number of aromatic nitrogens is 2. The molecule has 6 nitrogen and oxygen atoms in total. The number of aliphatic hydroxyl groups is 1. The van der Waals surface area contributed by atoms with Crippen molar-refractivity contribution in [2.24, 2.45) is 0 Å². The molecular weight excluding hydrogens is 266 g/mol. The van der Waals surface area contributed by atoms with Crippen LogP contribution in [-0.2, 0) is 5.60 Å². The highest BCUT2D eigenvalue weighted by Crippen LogP contribution is 2.31. The summed E-state index contributed by atoms with van der Waals surface area (Å²) in [5.41, 5.74) is -0.602. The van der Waals surface area contributed by atoms with Crippen LogP contribution in [0.3, 0.4) is 0 Å². The van der Waals surface area contributed by atoms with Crippen LogP contribution in [0.4, 0.5) is 4.79 Å². The number of amides is 1. The Kier molecular flexibility index (Phi) is 2.43. The Hall–Kier alpha value is -1.08. The van der Waals surface area contributed by atoms with E-state index >= 15 is 0 Å². The van der Waals surface area contributed by atoms with Gasteiger partial charge < -0.3 is 15.1 Å². The third-order valence-corrected chi connectivity index (χ3v) is 2.97. The van der Waals surface area contributed by atoms with Crippen molar-refractivity contribution in [3.8, 4) is 0 Å². The standard InChI is InChI=1S/C8H10BrN3O3/c9-6-3-5(10-11-6)8(15)1-2-12(4-8)7(13)14/h3,15H,1-2,4H2,(H,10,11)(H,13,14). The molecule has 3 N–H and O–H groups in total. The molecule has 15 heavy (non-hydrogen) atoms. The molecule has 1 aliphatic heterocycles. The van der Waals surface area contributed by atoms with Gasteiger partial charge in [0.15, 0.2) is 0 Å². The lowest BCUT2D eigenvalue weighted by atomic mass is 9.99. The van der Waals surface area contributed by atoms with Crippen LogP contribution in [0.5, 0.6) is 0 Å². The van der Waals surface area contributed by atoms with Crippen LogP contribution in [0.25, 0.3) is 0 Å². The highest BCUT2D eigenvalue weighted by molar-refractivity contribution is 9.10. The monoisotopic (exact) mass is 275 g/mol. The first-order valence-corrected chi connectivity index (χ1v) is 5.22. The third kappa shape index (κ3) is 1.84. The number of nitrogens with zero attached hydrogens (tertiary/aromatic N) is 2. The molecule has 0 bridgehead atoms. The summed E-state index contributed by atoms with van der Waals surface area (Å²) in [5.74, 6) is 0. The van der Waals surface area contributed by atoms with E-state index in [-0.39, 0.29) is 6.54 Å². The summed E-state index contributed by atoms with van der Waals surface area (Å²) in [6.07, 6.45) is -0.627. The number of carboxylic acid groups (broad SMARTS) is 1. The largest absolute Gasteiger partial charge is 0.465 e. The number of halogens is 1. The number of rotatable bonds is 1. The Labute approximate surface area is 94.0 Å². The zero-order valence-corrected chi connectivity index (χ0v) is 9.36. The van der Waals surface area contributed by atoms with Gasteiger partial charge in [-0.15, -0.1) is 0 Å². The van der Waals surface area contributed by atoms with Crippen LogP contribution in [0.1, 0.15) is 12.1 Å². The molecule has 1 atom stereocenters. The smallest absolute Gasteiger partial charge is 0.407 e. The lowest BCUT2D eigenvalue weighted by Gasteiger charge is -2.20. The molecule has 0 radical (unpaired) electrons. The van der Waals surface area contributed by atoms with Gasteiger partial charge in [0.25, 0.3) is 0 Å². The van der Waals surface area contributed by atoms with Crippen molar-refractivity contribution in [2.45, 2.75) is 12.0 Å². The number of hydrogen-bond donors (Lipinski definition) is 3. The fourth-order valence-electron chi connectivity index (χ4n) is 1.71. The molecule has 1 amide bonds. The van der Waals surface area contributed by atoms with E-state index in [1.165, 1.54) is 4.90 Å². The Morgan fingerprint density at radius 3 is 2.93 bits per heavy atom. The Morgan fingerprint density at radius 2 is 2.47 bits per heavy atom. The van der Waals surface area contributed by atoms with Crippen molar-refractivity contribution in [3.63, 3.8) is 0 Å². The second-order valence-corrected chi connectivity index (χ2v) is 4.40. The Bertz CT molecular complexity index is 394. The van der Waals surface area contributed by atoms with E-state index in [1.54, 1.807) is 6.07 Å². The van der Waals surface area contributed by atoms with Gasteiger partial charge in [-0.3, -0.25) is 5.10 Å². The average molecular weight is 276 g/mol. The summed E-state index contributed by atoms with van der Waals surface area (Å²) in [5, 5.41) is 25.5. The van der Waals surface area contributed by atoms with Gasteiger partial charge in [-0.1, -0.05) is 0 Å². The molecule has 1 aromatic rings. The van der Waals surface area contributed by atoms with Gasteiger partial charge in [0, 0.05) is 13.0 Å². The summed E-state index contributed by atoms with van der Waals surface area (Å²) >= 11 is 3.16. The van der Waals surface area contributed by atoms with E-state index in [4.69, 9.17) is 5.11 Å². The molecule has 0 spiro atoms. The van der Waals surface area contributed by atoms with E-state index in [9.17, 15) is 9.90 Å². The van der Waals surface area contributed by atoms with Gasteiger partial charge in [0.2, 0.25) is 0 Å². The van der Waals surface area contributed by atoms with Gasteiger partial charge >= 0.3 is 6.09 Å². The van der Waals surface area contributed by atoms with Gasteiger partial charge in [-0.25, -0.2) is 4.79 Å². The van der Waals surface area contributed by atoms with Crippen LogP contribution < -0.4 is 0 Å². The summed E-state index contributed by atoms with van der Waals surface area (Å²) in [7, 11) is 0. The number of aromatic amines is 1. The highest BCUT2D eigenvalue weighted by atomic mass is 79.9. The van der Waals surface area contributed by atoms with Crippen LogP contribution in [0.15, 0.2) is 10.7 Å². The maximum atomic E-state index is 10.7. The molecule has 7 heteroatoms. The zero-order chi connectivity index (χ0) is 11.1. The summed E-state index contributed by atoms with van der Waals surface area (Å²) < 4.78 is 0.597. The first kappa shape index (κ1) is 10.4. The summed E-state index contributed by atoms with van der Waals surface area (Å²) in [6.45, 7) is 0.416. The van der Waals surface area contributed by atoms with Crippen LogP contribution in [0.2, 0.25) is 0 Å². The molecule has 2 heterocycles. The predicted octanol–water partition coefficient (Wildman–Crippen LogP) is 0.744. The molecule has 0 aliphatic carbocycles. The van der Waals surface area contributed by atoms with Gasteiger partial charge in [0.05, 0.1) is 12.2 Å². The molecule has 82 valence electrons. The van der Waals surface area contributed by atoms with Crippen molar-refractivity contribution >= 4 is 22.0 Å². The second kappa shape index (κ2) is 3.49. The number of hydrogen-bond acceptors (Lipinski definition) is 3. The van der Waals surface area contributed by atoms with Crippen molar-refractivity contribution in [1.82, 2.24) is 15.1 Å². The van der Waals surface area contributed by atoms with Crippen molar-refractivity contribution < 1.29 is 15.0 Å². The fourth-order valence-corrected chi connectivity index (χ4v) is 2.03. The molecule has 1 aliphatic rings. The first-order chi connectivity index (χ1) is 7.01. The van der Waals surface area contributed by atoms with Crippen molar-refractivity contribution in [2.75, 3.05) is 13.1 Å². The maximum absolute atomic E-state index is 10.7. The normalized spacial score (nSPS) is 25.9. The summed E-state index contributed by atoms with van der Waals surface area (Å²) in [6, 6.07) is 1.66. The average Bonchev–Trinajstić information content (AvgIpc) is 2.73. The van der Waals surface area contributed by atoms with Gasteiger partial charge in [0.1, 0.15) is 10.2 Å². The van der Waals surface area contributed by atoms with Crippen LogP contribution >= 0.6 is 15.9 Å². The second-order valence-electron chi connectivity index (χ2n) is 3.59. The topological polar surface area (TPSA) is 89.4 Å². The lowest BCUT2D eigenvalue weighted by molar-refractivity contribution is 0.0417. The van der Waals surface area contributed by atoms with Crippen molar-refractivity contribution in [3.05, 3.63) is 16.4 Å². The molecule has 1 fully saturated rings. The van der Waals surface area contributed by atoms with E-state index in [2.05, 4.69) is 26.1 Å². The molecule has 2 rings (SSSR count). The highest BCUT2D eigenvalue weighted by Gasteiger charge is 2.41. The Balaban J connectivity index is 2.19. The molecule has 1 aromatic heterocycles. The minimum atomic E-state index is -1.14. The van der Waals surface area contributed by atoms with Crippen LogP contribution in [0, 0.1) is 0 Å². The molecular formula is C8H10BrN3O3. The van der Waals surface area contributed by atoms with E-state index in [1.807, 2.05) is 0 Å². The predicted molar refractivity (Wildman–Crippen MR) is 54.4 cm³/mol. The molecule has 0 saturated carbocycles. The number of nitrogens with one attached hydrogen (secondary N) is 1. The lowest BCUT2D eigenvalue weighted by Crippen LogP contribution is -2.33. The quantitative estimate of drug-likeness (QED) is 0.705. The van der Waals surface area contributed by atoms with Gasteiger partial charge in [-0.05, 0) is 22.0 Å². The SMILES string of the molecule is O=C(O)N1CCC(O)(c2cc(Br)n[nH]2)C1.